The lowest BCUT2D eigenvalue weighted by Crippen LogP contribution is -2.52. The summed E-state index contributed by atoms with van der Waals surface area (Å²) >= 11 is 0. The van der Waals surface area contributed by atoms with Gasteiger partial charge in [-0.05, 0) is 31.7 Å². The third-order valence-corrected chi connectivity index (χ3v) is 4.13. The van der Waals surface area contributed by atoms with Crippen molar-refractivity contribution in [3.63, 3.8) is 0 Å². The molecule has 15 heavy (non-hydrogen) atoms. The highest BCUT2D eigenvalue weighted by molar-refractivity contribution is 4.93. The number of unbranched alkanes of at least 4 members (excludes halogenated alkanes) is 1. The van der Waals surface area contributed by atoms with Crippen molar-refractivity contribution in [2.45, 2.75) is 58.4 Å². The Balaban J connectivity index is 2.62. The van der Waals surface area contributed by atoms with Crippen LogP contribution in [-0.2, 0) is 0 Å². The summed E-state index contributed by atoms with van der Waals surface area (Å²) in [7, 11) is 0. The van der Waals surface area contributed by atoms with E-state index in [0.29, 0.717) is 5.54 Å². The molecule has 2 nitrogen and oxygen atoms in total. The fourth-order valence-corrected chi connectivity index (χ4v) is 2.81. The molecule has 0 aliphatic carbocycles. The van der Waals surface area contributed by atoms with Crippen molar-refractivity contribution in [1.82, 2.24) is 4.90 Å². The lowest BCUT2D eigenvalue weighted by molar-refractivity contribution is 0.102. The molecule has 1 aliphatic rings. The Morgan fingerprint density at radius 2 is 2.13 bits per heavy atom. The average Bonchev–Trinajstić information content (AvgIpc) is 2.68. The standard InChI is InChI=1S/C13H28N2/c1-4-6-8-13(5-2,11-14)15-9-7-12(3)10-15/h12H,4-11,14H2,1-3H3. The van der Waals surface area contributed by atoms with Crippen molar-refractivity contribution in [3.05, 3.63) is 0 Å². The molecule has 1 rings (SSSR count). The van der Waals surface area contributed by atoms with Crippen LogP contribution in [-0.4, -0.2) is 30.1 Å². The third kappa shape index (κ3) is 2.94. The van der Waals surface area contributed by atoms with Crippen LogP contribution in [0.1, 0.15) is 52.9 Å². The maximum Gasteiger partial charge on any atom is 0.0329 e. The number of hydrogen-bond acceptors (Lipinski definition) is 2. The molecule has 2 atom stereocenters. The molecule has 1 heterocycles. The van der Waals surface area contributed by atoms with Crippen LogP contribution in [0.4, 0.5) is 0 Å². The molecule has 90 valence electrons. The van der Waals surface area contributed by atoms with E-state index in [1.54, 1.807) is 0 Å². The van der Waals surface area contributed by atoms with Gasteiger partial charge in [-0.1, -0.05) is 33.6 Å². The monoisotopic (exact) mass is 212 g/mol. The van der Waals surface area contributed by atoms with Gasteiger partial charge >= 0.3 is 0 Å². The first kappa shape index (κ1) is 13.0. The fourth-order valence-electron chi connectivity index (χ4n) is 2.81. The van der Waals surface area contributed by atoms with E-state index in [1.165, 1.54) is 45.2 Å². The summed E-state index contributed by atoms with van der Waals surface area (Å²) in [4.78, 5) is 2.66. The van der Waals surface area contributed by atoms with E-state index < -0.39 is 0 Å². The van der Waals surface area contributed by atoms with E-state index in [1.807, 2.05) is 0 Å². The van der Waals surface area contributed by atoms with E-state index in [0.717, 1.165) is 12.5 Å². The summed E-state index contributed by atoms with van der Waals surface area (Å²) < 4.78 is 0. The summed E-state index contributed by atoms with van der Waals surface area (Å²) in [5.74, 6) is 0.865. The molecule has 0 spiro atoms. The quantitative estimate of drug-likeness (QED) is 0.733. The molecular formula is C13H28N2. The van der Waals surface area contributed by atoms with Gasteiger partial charge in [-0.25, -0.2) is 0 Å². The molecule has 0 aromatic carbocycles. The van der Waals surface area contributed by atoms with Crippen molar-refractivity contribution < 1.29 is 0 Å². The zero-order valence-electron chi connectivity index (χ0n) is 10.8. The number of nitrogens with zero attached hydrogens (tertiary/aromatic N) is 1. The van der Waals surface area contributed by atoms with E-state index in [-0.39, 0.29) is 0 Å². The normalized spacial score (nSPS) is 26.8. The van der Waals surface area contributed by atoms with Crippen molar-refractivity contribution in [1.29, 1.82) is 0 Å². The molecule has 2 unspecified atom stereocenters. The van der Waals surface area contributed by atoms with Gasteiger partial charge in [0.2, 0.25) is 0 Å². The molecule has 0 bridgehead atoms. The topological polar surface area (TPSA) is 29.3 Å². The minimum atomic E-state index is 0.306. The van der Waals surface area contributed by atoms with Gasteiger partial charge in [-0.2, -0.15) is 0 Å². The Labute approximate surface area is 95.2 Å². The highest BCUT2D eigenvalue weighted by Crippen LogP contribution is 2.30. The van der Waals surface area contributed by atoms with E-state index in [2.05, 4.69) is 25.7 Å². The molecule has 0 aromatic rings. The largest absolute Gasteiger partial charge is 0.329 e. The predicted octanol–water partition coefficient (Wildman–Crippen LogP) is 2.63. The summed E-state index contributed by atoms with van der Waals surface area (Å²) in [5.41, 5.74) is 6.35. The van der Waals surface area contributed by atoms with Crippen LogP contribution in [0.3, 0.4) is 0 Å². The van der Waals surface area contributed by atoms with Crippen molar-refractivity contribution in [2.75, 3.05) is 19.6 Å². The number of rotatable bonds is 6. The van der Waals surface area contributed by atoms with Gasteiger partial charge in [-0.3, -0.25) is 4.90 Å². The first-order chi connectivity index (χ1) is 7.18. The first-order valence-electron chi connectivity index (χ1n) is 6.63. The van der Waals surface area contributed by atoms with Crippen molar-refractivity contribution in [2.24, 2.45) is 11.7 Å². The lowest BCUT2D eigenvalue weighted by atomic mass is 9.88. The summed E-state index contributed by atoms with van der Waals surface area (Å²) in [5, 5.41) is 0. The summed E-state index contributed by atoms with van der Waals surface area (Å²) in [6.45, 7) is 10.3. The molecular weight excluding hydrogens is 184 g/mol. The molecule has 1 fully saturated rings. The van der Waals surface area contributed by atoms with Gasteiger partial charge in [0.25, 0.3) is 0 Å². The third-order valence-electron chi connectivity index (χ3n) is 4.13. The Hall–Kier alpha value is -0.0800. The van der Waals surface area contributed by atoms with Gasteiger partial charge in [0.15, 0.2) is 0 Å². The minimum Gasteiger partial charge on any atom is -0.329 e. The summed E-state index contributed by atoms with van der Waals surface area (Å²) in [6.07, 6.45) is 6.44. The zero-order valence-corrected chi connectivity index (χ0v) is 10.8. The lowest BCUT2D eigenvalue weighted by Gasteiger charge is -2.41. The first-order valence-corrected chi connectivity index (χ1v) is 6.63. The van der Waals surface area contributed by atoms with Crippen LogP contribution in [0.25, 0.3) is 0 Å². The number of likely N-dealkylation sites (tertiary alicyclic amines) is 1. The zero-order chi connectivity index (χ0) is 11.3. The van der Waals surface area contributed by atoms with Gasteiger partial charge in [-0.15, -0.1) is 0 Å². The van der Waals surface area contributed by atoms with Crippen molar-refractivity contribution >= 4 is 0 Å². The van der Waals surface area contributed by atoms with Crippen LogP contribution in [0.15, 0.2) is 0 Å². The Morgan fingerprint density at radius 1 is 1.40 bits per heavy atom. The molecule has 0 radical (unpaired) electrons. The summed E-state index contributed by atoms with van der Waals surface area (Å²) in [6, 6.07) is 0. The van der Waals surface area contributed by atoms with Gasteiger partial charge in [0.05, 0.1) is 0 Å². The van der Waals surface area contributed by atoms with E-state index in [9.17, 15) is 0 Å². The highest BCUT2D eigenvalue weighted by atomic mass is 15.2. The molecule has 1 saturated heterocycles. The van der Waals surface area contributed by atoms with Crippen molar-refractivity contribution in [3.8, 4) is 0 Å². The van der Waals surface area contributed by atoms with Gasteiger partial charge in [0.1, 0.15) is 0 Å². The average molecular weight is 212 g/mol. The second-order valence-electron chi connectivity index (χ2n) is 5.23. The van der Waals surface area contributed by atoms with E-state index >= 15 is 0 Å². The molecule has 2 N–H and O–H groups in total. The van der Waals surface area contributed by atoms with E-state index in [4.69, 9.17) is 5.73 Å². The molecule has 1 aliphatic heterocycles. The smallest absolute Gasteiger partial charge is 0.0329 e. The fraction of sp³-hybridized carbons (Fsp3) is 1.00. The Kier molecular flexibility index (Phi) is 5.07. The minimum absolute atomic E-state index is 0.306. The van der Waals surface area contributed by atoms with Gasteiger partial charge < -0.3 is 5.73 Å². The Bertz CT molecular complexity index is 175. The predicted molar refractivity (Wildman–Crippen MR) is 67.0 cm³/mol. The highest BCUT2D eigenvalue weighted by Gasteiger charge is 2.36. The number of nitrogens with two attached hydrogens (primary N) is 1. The van der Waals surface area contributed by atoms with Gasteiger partial charge in [0, 0.05) is 18.6 Å². The van der Waals surface area contributed by atoms with Crippen LogP contribution in [0.2, 0.25) is 0 Å². The second kappa shape index (κ2) is 5.86. The second-order valence-corrected chi connectivity index (χ2v) is 5.23. The SMILES string of the molecule is CCCCC(CC)(CN)N1CCC(C)C1. The molecule has 0 amide bonds. The molecule has 2 heteroatoms. The maximum absolute atomic E-state index is 6.04. The maximum atomic E-state index is 6.04. The van der Waals surface area contributed by atoms with Crippen LogP contribution in [0.5, 0.6) is 0 Å². The Morgan fingerprint density at radius 3 is 2.53 bits per heavy atom. The van der Waals surface area contributed by atoms with Crippen LogP contribution in [0, 0.1) is 5.92 Å². The molecule has 0 aromatic heterocycles. The van der Waals surface area contributed by atoms with Crippen LogP contribution < -0.4 is 5.73 Å². The number of hydrogen-bond donors (Lipinski definition) is 1. The van der Waals surface area contributed by atoms with Crippen LogP contribution >= 0.6 is 0 Å². The molecule has 0 saturated carbocycles.